The summed E-state index contributed by atoms with van der Waals surface area (Å²) in [5, 5.41) is 0.714. The summed E-state index contributed by atoms with van der Waals surface area (Å²) in [4.78, 5) is 12.7. The van der Waals surface area contributed by atoms with Crippen LogP contribution >= 0.6 is 0 Å². The number of pyridine rings is 1. The molecule has 0 radical (unpaired) electrons. The first kappa shape index (κ1) is 15.0. The number of aromatic nitrogens is 3. The topological polar surface area (TPSA) is 117 Å². The number of rotatable bonds is 4. The lowest BCUT2D eigenvalue weighted by atomic mass is 9.94. The third kappa shape index (κ3) is 2.75. The molecule has 3 aromatic rings. The van der Waals surface area contributed by atoms with E-state index in [0.717, 1.165) is 36.0 Å². The number of nitrogens with zero attached hydrogens (tertiary/aromatic N) is 3. The van der Waals surface area contributed by atoms with E-state index in [0.29, 0.717) is 22.7 Å². The maximum atomic E-state index is 6.21. The van der Waals surface area contributed by atoms with Crippen molar-refractivity contribution in [3.05, 3.63) is 35.9 Å². The third-order valence-electron chi connectivity index (χ3n) is 3.87. The molecule has 2 aromatic heterocycles. The molecule has 3 rings (SSSR count). The van der Waals surface area contributed by atoms with Crippen molar-refractivity contribution < 1.29 is 0 Å². The average Bonchev–Trinajstić information content (AvgIpc) is 2.53. The zero-order valence-electron chi connectivity index (χ0n) is 13.1. The molecule has 2 heterocycles. The predicted octanol–water partition coefficient (Wildman–Crippen LogP) is 2.78. The Morgan fingerprint density at radius 3 is 2.35 bits per heavy atom. The minimum atomic E-state index is 0.0993. The average molecular weight is 308 g/mol. The van der Waals surface area contributed by atoms with E-state index < -0.39 is 0 Å². The summed E-state index contributed by atoms with van der Waals surface area (Å²) in [5.74, 6) is 0.904. The molecule has 0 fully saturated rings. The van der Waals surface area contributed by atoms with E-state index in [9.17, 15) is 0 Å². The molecule has 0 aliphatic carbocycles. The molecule has 23 heavy (non-hydrogen) atoms. The number of anilines is 3. The Bertz CT molecular complexity index is 845. The Morgan fingerprint density at radius 1 is 0.913 bits per heavy atom. The van der Waals surface area contributed by atoms with E-state index in [-0.39, 0.29) is 5.95 Å². The van der Waals surface area contributed by atoms with E-state index in [2.05, 4.69) is 21.9 Å². The van der Waals surface area contributed by atoms with Crippen LogP contribution in [0.4, 0.5) is 17.6 Å². The van der Waals surface area contributed by atoms with Crippen LogP contribution in [0.2, 0.25) is 0 Å². The van der Waals surface area contributed by atoms with E-state index in [1.807, 2.05) is 30.3 Å². The van der Waals surface area contributed by atoms with Crippen LogP contribution in [-0.4, -0.2) is 15.0 Å². The van der Waals surface area contributed by atoms with Gasteiger partial charge in [-0.25, -0.2) is 4.98 Å². The van der Waals surface area contributed by atoms with Gasteiger partial charge in [0.05, 0.1) is 5.39 Å². The van der Waals surface area contributed by atoms with E-state index >= 15 is 0 Å². The summed E-state index contributed by atoms with van der Waals surface area (Å²) in [7, 11) is 0. The summed E-state index contributed by atoms with van der Waals surface area (Å²) in [6.07, 6.45) is 2.92. The molecular weight excluding hydrogens is 288 g/mol. The molecule has 0 unspecified atom stereocenters. The molecule has 6 heteroatoms. The summed E-state index contributed by atoms with van der Waals surface area (Å²) in [6.45, 7) is 2.14. The molecule has 0 atom stereocenters. The Morgan fingerprint density at radius 2 is 1.65 bits per heavy atom. The van der Waals surface area contributed by atoms with Crippen molar-refractivity contribution >= 4 is 28.6 Å². The van der Waals surface area contributed by atoms with Crippen molar-refractivity contribution in [2.45, 2.75) is 26.2 Å². The summed E-state index contributed by atoms with van der Waals surface area (Å²) >= 11 is 0. The van der Waals surface area contributed by atoms with Crippen LogP contribution in [-0.2, 0) is 6.42 Å². The normalized spacial score (nSPS) is 11.0. The second kappa shape index (κ2) is 6.08. The van der Waals surface area contributed by atoms with Crippen LogP contribution in [0.3, 0.4) is 0 Å². The lowest BCUT2D eigenvalue weighted by molar-refractivity contribution is 0.796. The fraction of sp³-hybridized carbons (Fsp3) is 0.235. The highest BCUT2D eigenvalue weighted by atomic mass is 15.1. The molecule has 0 saturated carbocycles. The van der Waals surface area contributed by atoms with Crippen LogP contribution in [0.15, 0.2) is 30.3 Å². The predicted molar refractivity (Wildman–Crippen MR) is 94.6 cm³/mol. The number of nitrogen functional groups attached to an aromatic ring is 3. The zero-order valence-corrected chi connectivity index (χ0v) is 13.1. The second-order valence-electron chi connectivity index (χ2n) is 5.49. The summed E-state index contributed by atoms with van der Waals surface area (Å²) in [6, 6.07) is 9.99. The molecule has 118 valence electrons. The van der Waals surface area contributed by atoms with Crippen molar-refractivity contribution in [1.82, 2.24) is 15.0 Å². The van der Waals surface area contributed by atoms with Gasteiger partial charge in [-0.3, -0.25) is 0 Å². The van der Waals surface area contributed by atoms with Gasteiger partial charge in [0.1, 0.15) is 11.6 Å². The van der Waals surface area contributed by atoms with Gasteiger partial charge in [0.15, 0.2) is 5.65 Å². The maximum Gasteiger partial charge on any atom is 0.224 e. The molecule has 6 nitrogen and oxygen atoms in total. The lowest BCUT2D eigenvalue weighted by Gasteiger charge is -2.16. The number of hydrogen-bond acceptors (Lipinski definition) is 6. The summed E-state index contributed by atoms with van der Waals surface area (Å²) < 4.78 is 0. The third-order valence-corrected chi connectivity index (χ3v) is 3.87. The van der Waals surface area contributed by atoms with Crippen LogP contribution in [0.25, 0.3) is 22.2 Å². The van der Waals surface area contributed by atoms with E-state index in [4.69, 9.17) is 17.2 Å². The molecular formula is C17H20N6. The van der Waals surface area contributed by atoms with Crippen molar-refractivity contribution in [2.24, 2.45) is 0 Å². The van der Waals surface area contributed by atoms with Gasteiger partial charge < -0.3 is 17.2 Å². The van der Waals surface area contributed by atoms with Gasteiger partial charge in [0.2, 0.25) is 5.95 Å². The molecule has 0 aliphatic rings. The van der Waals surface area contributed by atoms with E-state index in [1.54, 1.807) is 0 Å². The van der Waals surface area contributed by atoms with Crippen LogP contribution < -0.4 is 17.2 Å². The highest BCUT2D eigenvalue weighted by Crippen LogP contribution is 2.36. The first-order valence-corrected chi connectivity index (χ1v) is 7.68. The number of unbranched alkanes of at least 4 members (excludes halogenated alkanes) is 1. The minimum absolute atomic E-state index is 0.0993. The highest BCUT2D eigenvalue weighted by Gasteiger charge is 2.18. The molecule has 0 amide bonds. The molecule has 6 N–H and O–H groups in total. The van der Waals surface area contributed by atoms with E-state index in [1.165, 1.54) is 0 Å². The van der Waals surface area contributed by atoms with Crippen LogP contribution in [0.5, 0.6) is 0 Å². The van der Waals surface area contributed by atoms with Crippen molar-refractivity contribution in [3.8, 4) is 11.1 Å². The Balaban J connectivity index is 2.39. The first-order valence-electron chi connectivity index (χ1n) is 7.68. The van der Waals surface area contributed by atoms with Crippen molar-refractivity contribution in [2.75, 3.05) is 17.2 Å². The second-order valence-corrected chi connectivity index (χ2v) is 5.49. The zero-order chi connectivity index (χ0) is 16.4. The van der Waals surface area contributed by atoms with Gasteiger partial charge in [-0.15, -0.1) is 0 Å². The smallest absolute Gasteiger partial charge is 0.224 e. The van der Waals surface area contributed by atoms with Crippen LogP contribution in [0, 0.1) is 0 Å². The number of hydrogen-bond donors (Lipinski definition) is 3. The van der Waals surface area contributed by atoms with Gasteiger partial charge >= 0.3 is 0 Å². The fourth-order valence-electron chi connectivity index (χ4n) is 2.79. The van der Waals surface area contributed by atoms with Crippen LogP contribution in [0.1, 0.15) is 25.3 Å². The van der Waals surface area contributed by atoms with Gasteiger partial charge in [-0.2, -0.15) is 9.97 Å². The Kier molecular flexibility index (Phi) is 3.97. The summed E-state index contributed by atoms with van der Waals surface area (Å²) in [5.41, 5.74) is 21.5. The number of fused-ring (bicyclic) bond motifs is 1. The molecule has 0 aliphatic heterocycles. The minimum Gasteiger partial charge on any atom is -0.383 e. The Labute approximate surface area is 134 Å². The maximum absolute atomic E-state index is 6.21. The molecule has 0 spiro atoms. The number of benzene rings is 1. The quantitative estimate of drug-likeness (QED) is 0.682. The first-order chi connectivity index (χ1) is 11.1. The van der Waals surface area contributed by atoms with Gasteiger partial charge in [-0.1, -0.05) is 43.7 Å². The van der Waals surface area contributed by atoms with Gasteiger partial charge in [-0.05, 0) is 18.4 Å². The van der Waals surface area contributed by atoms with Crippen molar-refractivity contribution in [3.63, 3.8) is 0 Å². The molecule has 0 bridgehead atoms. The largest absolute Gasteiger partial charge is 0.383 e. The van der Waals surface area contributed by atoms with Crippen molar-refractivity contribution in [1.29, 1.82) is 0 Å². The highest BCUT2D eigenvalue weighted by molar-refractivity contribution is 6.02. The van der Waals surface area contributed by atoms with Gasteiger partial charge in [0, 0.05) is 11.1 Å². The number of nitrogens with two attached hydrogens (primary N) is 3. The molecule has 1 aromatic carbocycles. The lowest BCUT2D eigenvalue weighted by Crippen LogP contribution is -2.08. The standard InChI is InChI=1S/C17H20N6/c1-2-3-9-11-12(10-7-5-4-6-8-10)13-15(19)22-17(20)23-16(13)21-14(11)18/h4-8H,2-3,9H2,1H3,(H6,18,19,20,21,22,23). The monoisotopic (exact) mass is 308 g/mol. The van der Waals surface area contributed by atoms with Gasteiger partial charge in [0.25, 0.3) is 0 Å². The SMILES string of the molecule is CCCCc1c(N)nc2nc(N)nc(N)c2c1-c1ccccc1. The molecule has 0 saturated heterocycles. The fourth-order valence-corrected chi connectivity index (χ4v) is 2.79. The Hall–Kier alpha value is -2.89.